The van der Waals surface area contributed by atoms with Crippen LogP contribution in [0.4, 0.5) is 0 Å². The number of likely N-dealkylation sites (N-methyl/N-ethyl adjacent to an activating group) is 1. The molecule has 94 valence electrons. The van der Waals surface area contributed by atoms with Gasteiger partial charge in [0.15, 0.2) is 5.78 Å². The first-order valence-corrected chi connectivity index (χ1v) is 6.41. The first-order valence-electron chi connectivity index (χ1n) is 6.41. The average molecular weight is 227 g/mol. The van der Waals surface area contributed by atoms with Crippen LogP contribution in [0.25, 0.3) is 0 Å². The fraction of sp³-hybridized carbons (Fsp3) is 0.923. The van der Waals surface area contributed by atoms with Crippen LogP contribution in [0.2, 0.25) is 0 Å². The van der Waals surface area contributed by atoms with Gasteiger partial charge in [-0.3, -0.25) is 9.69 Å². The van der Waals surface area contributed by atoms with E-state index in [1.54, 1.807) is 0 Å². The summed E-state index contributed by atoms with van der Waals surface area (Å²) >= 11 is 0. The molecule has 3 heteroatoms. The second-order valence-electron chi connectivity index (χ2n) is 5.01. The zero-order valence-electron chi connectivity index (χ0n) is 11.1. The molecule has 1 rings (SSSR count). The van der Waals surface area contributed by atoms with Crippen molar-refractivity contribution in [3.63, 3.8) is 0 Å². The van der Waals surface area contributed by atoms with Crippen LogP contribution in [0.3, 0.4) is 0 Å². The molecule has 1 unspecified atom stereocenters. The zero-order chi connectivity index (χ0) is 12.2. The Bertz CT molecular complexity index is 228. The summed E-state index contributed by atoms with van der Waals surface area (Å²) in [5.74, 6) is 0.445. The molecule has 16 heavy (non-hydrogen) atoms. The highest BCUT2D eigenvalue weighted by molar-refractivity contribution is 5.89. The van der Waals surface area contributed by atoms with Crippen molar-refractivity contribution in [1.29, 1.82) is 0 Å². The summed E-state index contributed by atoms with van der Waals surface area (Å²) in [5.41, 5.74) is -0.352. The van der Waals surface area contributed by atoms with E-state index in [2.05, 4.69) is 18.7 Å². The van der Waals surface area contributed by atoms with E-state index in [0.29, 0.717) is 12.4 Å². The molecule has 0 N–H and O–H groups in total. The van der Waals surface area contributed by atoms with Gasteiger partial charge in [-0.2, -0.15) is 0 Å². The van der Waals surface area contributed by atoms with Crippen LogP contribution in [0.5, 0.6) is 0 Å². The highest BCUT2D eigenvalue weighted by Gasteiger charge is 2.37. The predicted octanol–water partition coefficient (Wildman–Crippen LogP) is 2.10. The Hall–Kier alpha value is -0.410. The summed E-state index contributed by atoms with van der Waals surface area (Å²) in [6.45, 7) is 11.6. The van der Waals surface area contributed by atoms with Gasteiger partial charge in [0.25, 0.3) is 0 Å². The molecule has 0 saturated carbocycles. The number of Topliss-reactive ketones (excluding diaryl/α,β-unsaturated/α-hetero) is 1. The van der Waals surface area contributed by atoms with Gasteiger partial charge in [-0.1, -0.05) is 13.8 Å². The van der Waals surface area contributed by atoms with Crippen molar-refractivity contribution in [2.75, 3.05) is 26.3 Å². The molecular weight excluding hydrogens is 202 g/mol. The van der Waals surface area contributed by atoms with Crippen molar-refractivity contribution in [3.8, 4) is 0 Å². The molecule has 0 aliphatic carbocycles. The number of hydrogen-bond donors (Lipinski definition) is 0. The fourth-order valence-electron chi connectivity index (χ4n) is 2.62. The van der Waals surface area contributed by atoms with Gasteiger partial charge in [-0.05, 0) is 39.8 Å². The monoisotopic (exact) mass is 227 g/mol. The molecule has 0 bridgehead atoms. The SMILES string of the molecule is CCN(CC)C(C)(C)C(=O)C1CCCOC1. The van der Waals surface area contributed by atoms with Crippen molar-refractivity contribution in [3.05, 3.63) is 0 Å². The Labute approximate surface area is 99.1 Å². The zero-order valence-corrected chi connectivity index (χ0v) is 11.1. The van der Waals surface area contributed by atoms with Crippen LogP contribution in [-0.2, 0) is 9.53 Å². The third kappa shape index (κ3) is 2.83. The van der Waals surface area contributed by atoms with Crippen LogP contribution in [0, 0.1) is 5.92 Å². The van der Waals surface area contributed by atoms with E-state index < -0.39 is 0 Å². The third-order valence-electron chi connectivity index (χ3n) is 3.69. The number of carbonyl (C=O) groups excluding carboxylic acids is 1. The Balaban J connectivity index is 2.69. The van der Waals surface area contributed by atoms with E-state index in [9.17, 15) is 4.79 Å². The minimum atomic E-state index is -0.352. The Morgan fingerprint density at radius 3 is 2.44 bits per heavy atom. The molecule has 1 fully saturated rings. The van der Waals surface area contributed by atoms with E-state index in [1.807, 2.05) is 13.8 Å². The lowest BCUT2D eigenvalue weighted by Gasteiger charge is -2.38. The van der Waals surface area contributed by atoms with Crippen LogP contribution in [0.15, 0.2) is 0 Å². The van der Waals surface area contributed by atoms with Gasteiger partial charge in [-0.25, -0.2) is 0 Å². The highest BCUT2D eigenvalue weighted by Crippen LogP contribution is 2.24. The number of hydrogen-bond acceptors (Lipinski definition) is 3. The lowest BCUT2D eigenvalue weighted by atomic mass is 9.84. The lowest BCUT2D eigenvalue weighted by molar-refractivity contribution is -0.137. The van der Waals surface area contributed by atoms with E-state index >= 15 is 0 Å². The molecule has 1 aliphatic heterocycles. The number of rotatable bonds is 5. The molecule has 1 atom stereocenters. The van der Waals surface area contributed by atoms with Gasteiger partial charge < -0.3 is 4.74 Å². The molecular formula is C13H25NO2. The normalized spacial score (nSPS) is 22.4. The quantitative estimate of drug-likeness (QED) is 0.720. The highest BCUT2D eigenvalue weighted by atomic mass is 16.5. The number of ether oxygens (including phenoxy) is 1. The predicted molar refractivity (Wildman–Crippen MR) is 65.6 cm³/mol. The van der Waals surface area contributed by atoms with Gasteiger partial charge in [0.2, 0.25) is 0 Å². The van der Waals surface area contributed by atoms with E-state index in [0.717, 1.165) is 32.5 Å². The molecule has 0 aromatic carbocycles. The van der Waals surface area contributed by atoms with Gasteiger partial charge in [0.1, 0.15) is 0 Å². The standard InChI is InChI=1S/C13H25NO2/c1-5-14(6-2)13(3,4)12(15)11-8-7-9-16-10-11/h11H,5-10H2,1-4H3. The first-order chi connectivity index (χ1) is 7.54. The fourth-order valence-corrected chi connectivity index (χ4v) is 2.62. The topological polar surface area (TPSA) is 29.5 Å². The van der Waals surface area contributed by atoms with Crippen molar-refractivity contribution >= 4 is 5.78 Å². The summed E-state index contributed by atoms with van der Waals surface area (Å²) in [6, 6.07) is 0. The molecule has 0 aromatic heterocycles. The molecule has 1 heterocycles. The molecule has 0 spiro atoms. The Morgan fingerprint density at radius 2 is 2.00 bits per heavy atom. The van der Waals surface area contributed by atoms with Crippen molar-refractivity contribution < 1.29 is 9.53 Å². The van der Waals surface area contributed by atoms with Gasteiger partial charge in [-0.15, -0.1) is 0 Å². The van der Waals surface area contributed by atoms with Crippen molar-refractivity contribution in [2.45, 2.75) is 46.1 Å². The second kappa shape index (κ2) is 5.78. The van der Waals surface area contributed by atoms with Gasteiger partial charge in [0, 0.05) is 12.5 Å². The van der Waals surface area contributed by atoms with Crippen molar-refractivity contribution in [1.82, 2.24) is 4.90 Å². The number of ketones is 1. The summed E-state index contributed by atoms with van der Waals surface area (Å²) in [5, 5.41) is 0. The van der Waals surface area contributed by atoms with Gasteiger partial charge in [0.05, 0.1) is 12.1 Å². The van der Waals surface area contributed by atoms with Crippen LogP contribution in [0.1, 0.15) is 40.5 Å². The van der Waals surface area contributed by atoms with E-state index in [-0.39, 0.29) is 11.5 Å². The molecule has 3 nitrogen and oxygen atoms in total. The largest absolute Gasteiger partial charge is 0.381 e. The number of carbonyl (C=O) groups is 1. The average Bonchev–Trinajstić information content (AvgIpc) is 2.30. The number of nitrogens with zero attached hydrogens (tertiary/aromatic N) is 1. The van der Waals surface area contributed by atoms with Crippen molar-refractivity contribution in [2.24, 2.45) is 5.92 Å². The maximum Gasteiger partial charge on any atom is 0.157 e. The van der Waals surface area contributed by atoms with E-state index in [1.165, 1.54) is 0 Å². The van der Waals surface area contributed by atoms with Crippen LogP contribution < -0.4 is 0 Å². The molecule has 1 saturated heterocycles. The summed E-state index contributed by atoms with van der Waals surface area (Å²) in [6.07, 6.45) is 2.01. The minimum Gasteiger partial charge on any atom is -0.381 e. The third-order valence-corrected chi connectivity index (χ3v) is 3.69. The van der Waals surface area contributed by atoms with Gasteiger partial charge >= 0.3 is 0 Å². The van der Waals surface area contributed by atoms with E-state index in [4.69, 9.17) is 4.74 Å². The maximum absolute atomic E-state index is 12.5. The Morgan fingerprint density at radius 1 is 1.38 bits per heavy atom. The van der Waals surface area contributed by atoms with Crippen LogP contribution >= 0.6 is 0 Å². The molecule has 0 aromatic rings. The maximum atomic E-state index is 12.5. The van der Waals surface area contributed by atoms with Crippen LogP contribution in [-0.4, -0.2) is 42.5 Å². The molecule has 0 radical (unpaired) electrons. The first kappa shape index (κ1) is 13.7. The summed E-state index contributed by atoms with van der Waals surface area (Å²) in [4.78, 5) is 14.7. The molecule has 1 aliphatic rings. The minimum absolute atomic E-state index is 0.101. The summed E-state index contributed by atoms with van der Waals surface area (Å²) < 4.78 is 5.41. The lowest BCUT2D eigenvalue weighted by Crippen LogP contribution is -2.53. The molecule has 0 amide bonds. The smallest absolute Gasteiger partial charge is 0.157 e. The second-order valence-corrected chi connectivity index (χ2v) is 5.01. The Kier molecular flexibility index (Phi) is 4.93. The summed E-state index contributed by atoms with van der Waals surface area (Å²) in [7, 11) is 0.